The van der Waals surface area contributed by atoms with Gasteiger partial charge in [-0.3, -0.25) is 0 Å². The lowest BCUT2D eigenvalue weighted by Crippen LogP contribution is -2.67. The van der Waals surface area contributed by atoms with Crippen LogP contribution in [0.5, 0.6) is 0 Å². The number of unbranched alkanes of at least 4 members (excludes halogenated alkanes) is 6. The topological polar surface area (TPSA) is 27.7 Å². The monoisotopic (exact) mass is 390 g/mol. The molecular formula is C18H42O3Si3. The molecule has 0 aliphatic carbocycles. The lowest BCUT2D eigenvalue weighted by atomic mass is 10.3. The molecule has 1 heterocycles. The van der Waals surface area contributed by atoms with Crippen LogP contribution in [0.15, 0.2) is 0 Å². The first-order valence-electron chi connectivity index (χ1n) is 10.4. The van der Waals surface area contributed by atoms with Gasteiger partial charge in [0, 0.05) is 0 Å². The van der Waals surface area contributed by atoms with Crippen LogP contribution in [0.25, 0.3) is 0 Å². The van der Waals surface area contributed by atoms with E-state index < -0.39 is 25.7 Å². The maximum Gasteiger partial charge on any atom is 0.317 e. The molecule has 0 unspecified atom stereocenters. The first-order chi connectivity index (χ1) is 11.3. The zero-order valence-corrected chi connectivity index (χ0v) is 20.2. The molecule has 0 aromatic carbocycles. The maximum absolute atomic E-state index is 6.72. The highest BCUT2D eigenvalue weighted by atomic mass is 28.5. The van der Waals surface area contributed by atoms with Crippen LogP contribution >= 0.6 is 0 Å². The summed E-state index contributed by atoms with van der Waals surface area (Å²) in [5.41, 5.74) is 0. The Bertz CT molecular complexity index is 294. The second kappa shape index (κ2) is 10.6. The van der Waals surface area contributed by atoms with Crippen LogP contribution in [0.2, 0.25) is 37.8 Å². The summed E-state index contributed by atoms with van der Waals surface area (Å²) in [5.74, 6) is 0. The summed E-state index contributed by atoms with van der Waals surface area (Å²) in [5, 5.41) is 0. The fraction of sp³-hybridized carbons (Fsp3) is 1.00. The molecule has 1 aliphatic heterocycles. The van der Waals surface area contributed by atoms with Crippen molar-refractivity contribution in [3.05, 3.63) is 0 Å². The summed E-state index contributed by atoms with van der Waals surface area (Å²) in [4.78, 5) is 0. The Labute approximate surface area is 154 Å². The van der Waals surface area contributed by atoms with E-state index >= 15 is 0 Å². The second-order valence-electron chi connectivity index (χ2n) is 8.08. The molecule has 1 aliphatic rings. The molecule has 1 fully saturated rings. The number of hydrogen-bond acceptors (Lipinski definition) is 3. The molecule has 0 radical (unpaired) electrons. The predicted molar refractivity (Wildman–Crippen MR) is 111 cm³/mol. The van der Waals surface area contributed by atoms with Gasteiger partial charge in [0.1, 0.15) is 0 Å². The molecule has 0 amide bonds. The highest BCUT2D eigenvalue weighted by Crippen LogP contribution is 2.38. The van der Waals surface area contributed by atoms with Gasteiger partial charge in [0.2, 0.25) is 0 Å². The molecule has 0 atom stereocenters. The largest absolute Gasteiger partial charge is 0.416 e. The standard InChI is InChI=1S/C18H42O3Si3/c1-7-10-13-16-22(4)19-23(5,17-14-11-8-2)21-24(6,20-22)18-15-12-9-3/h7-18H2,1-6H3. The van der Waals surface area contributed by atoms with E-state index in [9.17, 15) is 0 Å². The van der Waals surface area contributed by atoms with E-state index in [1.807, 2.05) is 0 Å². The van der Waals surface area contributed by atoms with Crippen LogP contribution in [-0.4, -0.2) is 25.7 Å². The molecular weight excluding hydrogens is 348 g/mol. The van der Waals surface area contributed by atoms with E-state index in [0.717, 1.165) is 18.1 Å². The fourth-order valence-corrected chi connectivity index (χ4v) is 21.5. The van der Waals surface area contributed by atoms with Crippen LogP contribution in [0.4, 0.5) is 0 Å². The summed E-state index contributed by atoms with van der Waals surface area (Å²) in [6, 6.07) is 3.45. The molecule has 0 bridgehead atoms. The smallest absolute Gasteiger partial charge is 0.317 e. The molecule has 0 spiro atoms. The van der Waals surface area contributed by atoms with Crippen molar-refractivity contribution in [3.8, 4) is 0 Å². The maximum atomic E-state index is 6.72. The molecule has 0 saturated carbocycles. The predicted octanol–water partition coefficient (Wildman–Crippen LogP) is 6.84. The van der Waals surface area contributed by atoms with E-state index in [4.69, 9.17) is 12.3 Å². The normalized spacial score (nSPS) is 33.8. The first kappa shape index (κ1) is 22.6. The van der Waals surface area contributed by atoms with Crippen molar-refractivity contribution in [2.75, 3.05) is 0 Å². The van der Waals surface area contributed by atoms with Crippen molar-refractivity contribution in [1.82, 2.24) is 0 Å². The van der Waals surface area contributed by atoms with Crippen LogP contribution in [0.3, 0.4) is 0 Å². The summed E-state index contributed by atoms with van der Waals surface area (Å²) in [6.07, 6.45) is 11.4. The van der Waals surface area contributed by atoms with Crippen molar-refractivity contribution in [3.63, 3.8) is 0 Å². The quantitative estimate of drug-likeness (QED) is 0.270. The minimum atomic E-state index is -2.07. The molecule has 0 aromatic rings. The molecule has 1 rings (SSSR count). The van der Waals surface area contributed by atoms with Gasteiger partial charge >= 0.3 is 25.7 Å². The third-order valence-electron chi connectivity index (χ3n) is 5.00. The van der Waals surface area contributed by atoms with Gasteiger partial charge in [0.25, 0.3) is 0 Å². The first-order valence-corrected chi connectivity index (χ1v) is 18.0. The Hall–Kier alpha value is 0.531. The fourth-order valence-electron chi connectivity index (χ4n) is 3.83. The van der Waals surface area contributed by atoms with Crippen molar-refractivity contribution in [2.24, 2.45) is 0 Å². The van der Waals surface area contributed by atoms with Gasteiger partial charge in [-0.05, 0) is 37.8 Å². The Kier molecular flexibility index (Phi) is 9.99. The third kappa shape index (κ3) is 7.83. The lowest BCUT2D eigenvalue weighted by Gasteiger charge is -2.50. The summed E-state index contributed by atoms with van der Waals surface area (Å²) in [6.45, 7) is 13.8. The van der Waals surface area contributed by atoms with Crippen molar-refractivity contribution >= 4 is 25.7 Å². The number of hydrogen-bond donors (Lipinski definition) is 0. The Morgan fingerprint density at radius 1 is 0.458 bits per heavy atom. The van der Waals surface area contributed by atoms with Gasteiger partial charge in [-0.25, -0.2) is 0 Å². The zero-order valence-electron chi connectivity index (χ0n) is 17.2. The Balaban J connectivity index is 2.80. The molecule has 3 nitrogen and oxygen atoms in total. The SMILES string of the molecule is CCCCC[Si]1(C)O[Si](C)(CCCCC)O[Si](C)(CCCCC)O1. The van der Waals surface area contributed by atoms with Crippen LogP contribution < -0.4 is 0 Å². The van der Waals surface area contributed by atoms with Crippen molar-refractivity contribution < 1.29 is 12.3 Å². The van der Waals surface area contributed by atoms with Gasteiger partial charge in [-0.15, -0.1) is 0 Å². The molecule has 24 heavy (non-hydrogen) atoms. The van der Waals surface area contributed by atoms with Crippen molar-refractivity contribution in [1.29, 1.82) is 0 Å². The highest BCUT2D eigenvalue weighted by Gasteiger charge is 2.55. The minimum Gasteiger partial charge on any atom is -0.416 e. The van der Waals surface area contributed by atoms with E-state index in [-0.39, 0.29) is 0 Å². The van der Waals surface area contributed by atoms with E-state index in [0.29, 0.717) is 0 Å². The van der Waals surface area contributed by atoms with E-state index in [1.165, 1.54) is 57.8 Å². The van der Waals surface area contributed by atoms with Crippen LogP contribution in [0, 0.1) is 0 Å². The molecule has 0 N–H and O–H groups in total. The summed E-state index contributed by atoms with van der Waals surface area (Å²) >= 11 is 0. The molecule has 6 heteroatoms. The van der Waals surface area contributed by atoms with E-state index in [1.54, 1.807) is 0 Å². The molecule has 1 saturated heterocycles. The Morgan fingerprint density at radius 2 is 0.708 bits per heavy atom. The summed E-state index contributed by atoms with van der Waals surface area (Å²) < 4.78 is 20.2. The van der Waals surface area contributed by atoms with Gasteiger partial charge in [-0.1, -0.05) is 78.6 Å². The highest BCUT2D eigenvalue weighted by molar-refractivity contribution is 6.93. The van der Waals surface area contributed by atoms with Crippen molar-refractivity contribution in [2.45, 2.75) is 116 Å². The van der Waals surface area contributed by atoms with Gasteiger partial charge in [0.05, 0.1) is 0 Å². The summed E-state index contributed by atoms with van der Waals surface area (Å²) in [7, 11) is -6.20. The van der Waals surface area contributed by atoms with Gasteiger partial charge in [-0.2, -0.15) is 0 Å². The molecule has 0 aromatic heterocycles. The third-order valence-corrected chi connectivity index (χ3v) is 19.1. The number of rotatable bonds is 12. The van der Waals surface area contributed by atoms with Gasteiger partial charge < -0.3 is 12.3 Å². The zero-order chi connectivity index (χ0) is 18.1. The average Bonchev–Trinajstić information content (AvgIpc) is 2.46. The second-order valence-corrected chi connectivity index (χ2v) is 18.8. The van der Waals surface area contributed by atoms with E-state index in [2.05, 4.69) is 40.4 Å². The minimum absolute atomic E-state index is 1.15. The van der Waals surface area contributed by atoms with Crippen LogP contribution in [-0.2, 0) is 12.3 Å². The Morgan fingerprint density at radius 3 is 0.917 bits per heavy atom. The average molecular weight is 391 g/mol. The van der Waals surface area contributed by atoms with Gasteiger partial charge in [0.15, 0.2) is 0 Å². The van der Waals surface area contributed by atoms with Crippen LogP contribution in [0.1, 0.15) is 78.6 Å². The molecule has 144 valence electrons. The lowest BCUT2D eigenvalue weighted by molar-refractivity contribution is 0.219.